The first-order valence-electron chi connectivity index (χ1n) is 9.86. The molecule has 2 atom stereocenters. The Morgan fingerprint density at radius 2 is 1.90 bits per heavy atom. The maximum atomic E-state index is 13.2. The van der Waals surface area contributed by atoms with Gasteiger partial charge in [-0.15, -0.1) is 0 Å². The highest BCUT2D eigenvalue weighted by atomic mass is 32.2. The SMILES string of the molecule is O=S1(=O)Cc2cnc(N3CCOCC3)nc2[C@@H]2CN(Cc3ccc(F)cc3)C[C@@H]21. The summed E-state index contributed by atoms with van der Waals surface area (Å²) in [7, 11) is -3.26. The topological polar surface area (TPSA) is 75.6 Å². The summed E-state index contributed by atoms with van der Waals surface area (Å²) in [4.78, 5) is 13.5. The van der Waals surface area contributed by atoms with Crippen LogP contribution < -0.4 is 4.90 Å². The molecule has 9 heteroatoms. The first-order chi connectivity index (χ1) is 14.0. The lowest BCUT2D eigenvalue weighted by molar-refractivity contribution is 0.122. The van der Waals surface area contributed by atoms with Gasteiger partial charge in [0.05, 0.1) is 29.9 Å². The molecule has 154 valence electrons. The molecule has 0 aliphatic carbocycles. The van der Waals surface area contributed by atoms with E-state index in [1.165, 1.54) is 12.1 Å². The van der Waals surface area contributed by atoms with E-state index in [0.717, 1.165) is 24.3 Å². The van der Waals surface area contributed by atoms with E-state index in [9.17, 15) is 12.8 Å². The molecule has 3 aliphatic heterocycles. The third-order valence-corrected chi connectivity index (χ3v) is 8.12. The minimum absolute atomic E-state index is 0.00270. The molecule has 4 heterocycles. The molecule has 2 fully saturated rings. The normalized spacial score (nSPS) is 26.2. The fourth-order valence-electron chi connectivity index (χ4n) is 4.54. The van der Waals surface area contributed by atoms with Crippen LogP contribution in [0.4, 0.5) is 10.3 Å². The zero-order valence-corrected chi connectivity index (χ0v) is 16.8. The molecule has 5 rings (SSSR count). The monoisotopic (exact) mass is 418 g/mol. The van der Waals surface area contributed by atoms with Crippen molar-refractivity contribution in [3.63, 3.8) is 0 Å². The van der Waals surface area contributed by atoms with Gasteiger partial charge in [-0.25, -0.2) is 22.8 Å². The van der Waals surface area contributed by atoms with Crippen LogP contribution in [0.25, 0.3) is 0 Å². The van der Waals surface area contributed by atoms with Crippen LogP contribution in [0.5, 0.6) is 0 Å². The van der Waals surface area contributed by atoms with Crippen LogP contribution in [0.15, 0.2) is 30.5 Å². The van der Waals surface area contributed by atoms with Crippen molar-refractivity contribution < 1.29 is 17.5 Å². The molecular weight excluding hydrogens is 395 g/mol. The van der Waals surface area contributed by atoms with Gasteiger partial charge in [-0.2, -0.15) is 0 Å². The van der Waals surface area contributed by atoms with Gasteiger partial charge in [-0.05, 0) is 17.7 Å². The molecule has 0 spiro atoms. The zero-order chi connectivity index (χ0) is 20.0. The smallest absolute Gasteiger partial charge is 0.225 e. The van der Waals surface area contributed by atoms with Crippen molar-refractivity contribution >= 4 is 15.8 Å². The number of likely N-dealkylation sites (tertiary alicyclic amines) is 1. The van der Waals surface area contributed by atoms with Gasteiger partial charge in [-0.3, -0.25) is 4.90 Å². The number of rotatable bonds is 3. The van der Waals surface area contributed by atoms with Crippen LogP contribution in [0.1, 0.15) is 22.7 Å². The Hall–Kier alpha value is -2.10. The van der Waals surface area contributed by atoms with Crippen molar-refractivity contribution in [1.29, 1.82) is 0 Å². The predicted molar refractivity (Wildman–Crippen MR) is 106 cm³/mol. The molecule has 29 heavy (non-hydrogen) atoms. The number of benzene rings is 1. The Morgan fingerprint density at radius 1 is 1.14 bits per heavy atom. The molecule has 0 bridgehead atoms. The lowest BCUT2D eigenvalue weighted by Crippen LogP contribution is -2.39. The first kappa shape index (κ1) is 18.9. The van der Waals surface area contributed by atoms with Gasteiger partial charge in [0.15, 0.2) is 9.84 Å². The highest BCUT2D eigenvalue weighted by molar-refractivity contribution is 7.91. The average molecular weight is 418 g/mol. The number of hydrogen-bond acceptors (Lipinski definition) is 7. The van der Waals surface area contributed by atoms with Gasteiger partial charge in [-0.1, -0.05) is 12.1 Å². The fraction of sp³-hybridized carbons (Fsp3) is 0.500. The molecule has 0 saturated carbocycles. The molecular formula is C20H23FN4O3S. The first-order valence-corrected chi connectivity index (χ1v) is 11.6. The number of halogens is 1. The summed E-state index contributed by atoms with van der Waals surface area (Å²) in [5.41, 5.74) is 2.55. The lowest BCUT2D eigenvalue weighted by Gasteiger charge is -2.30. The largest absolute Gasteiger partial charge is 0.378 e. The molecule has 3 aliphatic rings. The standard InChI is InChI=1S/C20H23FN4O3S/c21-16-3-1-14(2-4-16)10-24-11-17-18(12-24)29(26,27)13-15-9-22-20(23-19(15)17)25-5-7-28-8-6-25/h1-4,9,17-18H,5-8,10-13H2/t17-,18+/m1/s1. The molecule has 1 aromatic carbocycles. The third kappa shape index (κ3) is 3.62. The maximum Gasteiger partial charge on any atom is 0.225 e. The quantitative estimate of drug-likeness (QED) is 0.745. The van der Waals surface area contributed by atoms with Crippen LogP contribution in [0, 0.1) is 5.82 Å². The molecule has 2 saturated heterocycles. The number of fused-ring (bicyclic) bond motifs is 3. The van der Waals surface area contributed by atoms with E-state index in [2.05, 4.69) is 14.8 Å². The van der Waals surface area contributed by atoms with Crippen molar-refractivity contribution in [3.05, 3.63) is 53.1 Å². The van der Waals surface area contributed by atoms with Crippen LogP contribution in [-0.4, -0.2) is 67.9 Å². The second-order valence-corrected chi connectivity index (χ2v) is 10.2. The number of nitrogens with zero attached hydrogens (tertiary/aromatic N) is 4. The van der Waals surface area contributed by atoms with Crippen LogP contribution in [0.2, 0.25) is 0 Å². The molecule has 2 aromatic rings. The third-order valence-electron chi connectivity index (χ3n) is 6.01. The Kier molecular flexibility index (Phi) is 4.76. The van der Waals surface area contributed by atoms with E-state index in [1.807, 2.05) is 0 Å². The van der Waals surface area contributed by atoms with Crippen molar-refractivity contribution in [2.45, 2.75) is 23.5 Å². The molecule has 7 nitrogen and oxygen atoms in total. The minimum Gasteiger partial charge on any atom is -0.378 e. The summed E-state index contributed by atoms with van der Waals surface area (Å²) >= 11 is 0. The number of hydrogen-bond donors (Lipinski definition) is 0. The summed E-state index contributed by atoms with van der Waals surface area (Å²) < 4.78 is 44.4. The molecule has 0 unspecified atom stereocenters. The van der Waals surface area contributed by atoms with Crippen LogP contribution >= 0.6 is 0 Å². The Balaban J connectivity index is 1.43. The second kappa shape index (κ2) is 7.30. The highest BCUT2D eigenvalue weighted by Crippen LogP contribution is 2.40. The Labute approximate surface area is 169 Å². The number of morpholine rings is 1. The maximum absolute atomic E-state index is 13.2. The second-order valence-electron chi connectivity index (χ2n) is 7.95. The van der Waals surface area contributed by atoms with Crippen molar-refractivity contribution in [2.24, 2.45) is 0 Å². The molecule has 1 aromatic heterocycles. The zero-order valence-electron chi connectivity index (χ0n) is 16.0. The number of ether oxygens (including phenoxy) is 1. The summed E-state index contributed by atoms with van der Waals surface area (Å²) in [5.74, 6) is 0.221. The van der Waals surface area contributed by atoms with E-state index in [-0.39, 0.29) is 17.5 Å². The fourth-order valence-corrected chi connectivity index (χ4v) is 6.56. The minimum atomic E-state index is -3.26. The Morgan fingerprint density at radius 3 is 2.66 bits per heavy atom. The van der Waals surface area contributed by atoms with Crippen molar-refractivity contribution in [2.75, 3.05) is 44.3 Å². The Bertz CT molecular complexity index is 1010. The van der Waals surface area contributed by atoms with Gasteiger partial charge in [0.25, 0.3) is 0 Å². The summed E-state index contributed by atoms with van der Waals surface area (Å²) in [6.07, 6.45) is 1.68. The summed E-state index contributed by atoms with van der Waals surface area (Å²) in [6.45, 7) is 4.45. The van der Waals surface area contributed by atoms with E-state index < -0.39 is 15.1 Å². The average Bonchev–Trinajstić information content (AvgIpc) is 3.15. The van der Waals surface area contributed by atoms with E-state index in [0.29, 0.717) is 44.4 Å². The molecule has 0 N–H and O–H groups in total. The van der Waals surface area contributed by atoms with E-state index in [4.69, 9.17) is 9.72 Å². The molecule has 0 radical (unpaired) electrons. The predicted octanol–water partition coefficient (Wildman–Crippen LogP) is 1.35. The number of aromatic nitrogens is 2. The van der Waals surface area contributed by atoms with Crippen LogP contribution in [0.3, 0.4) is 0 Å². The van der Waals surface area contributed by atoms with Crippen molar-refractivity contribution in [3.8, 4) is 0 Å². The number of sulfone groups is 1. The number of anilines is 1. The van der Waals surface area contributed by atoms with Crippen molar-refractivity contribution in [1.82, 2.24) is 14.9 Å². The van der Waals surface area contributed by atoms with Gasteiger partial charge in [0.2, 0.25) is 5.95 Å². The van der Waals surface area contributed by atoms with Gasteiger partial charge < -0.3 is 9.64 Å². The van der Waals surface area contributed by atoms with Gasteiger partial charge in [0.1, 0.15) is 5.82 Å². The van der Waals surface area contributed by atoms with Gasteiger partial charge >= 0.3 is 0 Å². The summed E-state index contributed by atoms with van der Waals surface area (Å²) in [6, 6.07) is 6.37. The van der Waals surface area contributed by atoms with Gasteiger partial charge in [0, 0.05) is 50.4 Å². The van der Waals surface area contributed by atoms with Crippen LogP contribution in [-0.2, 0) is 26.9 Å². The highest BCUT2D eigenvalue weighted by Gasteiger charge is 2.47. The molecule has 0 amide bonds. The van der Waals surface area contributed by atoms with E-state index in [1.54, 1.807) is 18.3 Å². The van der Waals surface area contributed by atoms with E-state index >= 15 is 0 Å². The summed E-state index contributed by atoms with van der Waals surface area (Å²) in [5, 5.41) is -0.456. The lowest BCUT2D eigenvalue weighted by atomic mass is 10.00.